The van der Waals surface area contributed by atoms with Crippen LogP contribution in [0.2, 0.25) is 0 Å². The van der Waals surface area contributed by atoms with Crippen molar-refractivity contribution in [1.82, 2.24) is 4.90 Å². The molecule has 2 bridgehead atoms. The van der Waals surface area contributed by atoms with Crippen LogP contribution >= 0.6 is 11.8 Å². The normalized spacial score (nSPS) is 42.2. The van der Waals surface area contributed by atoms with Gasteiger partial charge >= 0.3 is 6.36 Å². The van der Waals surface area contributed by atoms with Crippen LogP contribution in [0.5, 0.6) is 0 Å². The monoisotopic (exact) mass is 241 g/mol. The molecule has 4 atom stereocenters. The number of hydrogen-bond acceptors (Lipinski definition) is 3. The van der Waals surface area contributed by atoms with Crippen molar-refractivity contribution < 1.29 is 17.9 Å². The summed E-state index contributed by atoms with van der Waals surface area (Å²) >= 11 is 1.77. The number of ether oxygens (including phenoxy) is 1. The quantitative estimate of drug-likeness (QED) is 0.698. The molecular weight excluding hydrogens is 227 g/mol. The zero-order valence-electron chi connectivity index (χ0n) is 8.62. The molecule has 0 aliphatic carbocycles. The number of nitrogens with zero attached hydrogens (tertiary/aromatic N) is 1. The van der Waals surface area contributed by atoms with Crippen LogP contribution in [0.3, 0.4) is 0 Å². The first-order chi connectivity index (χ1) is 6.88. The van der Waals surface area contributed by atoms with Crippen LogP contribution in [0.15, 0.2) is 0 Å². The first kappa shape index (κ1) is 11.5. The van der Waals surface area contributed by atoms with E-state index in [1.54, 1.807) is 23.7 Å². The van der Waals surface area contributed by atoms with Crippen molar-refractivity contribution in [3.05, 3.63) is 0 Å². The number of fused-ring (bicyclic) bond motifs is 2. The van der Waals surface area contributed by atoms with E-state index in [9.17, 15) is 13.2 Å². The number of halogens is 3. The zero-order chi connectivity index (χ0) is 11.2. The molecule has 0 aromatic rings. The fraction of sp³-hybridized carbons (Fsp3) is 1.00. The molecule has 0 amide bonds. The van der Waals surface area contributed by atoms with Gasteiger partial charge in [-0.1, -0.05) is 6.92 Å². The maximum absolute atomic E-state index is 12.2. The average molecular weight is 241 g/mol. The molecule has 2 saturated heterocycles. The molecule has 15 heavy (non-hydrogen) atoms. The van der Waals surface area contributed by atoms with E-state index in [0.29, 0.717) is 17.7 Å². The highest BCUT2D eigenvalue weighted by Crippen LogP contribution is 2.45. The summed E-state index contributed by atoms with van der Waals surface area (Å²) in [5.74, 6) is 1.09. The van der Waals surface area contributed by atoms with Crippen LogP contribution in [-0.4, -0.2) is 42.1 Å². The van der Waals surface area contributed by atoms with Gasteiger partial charge in [0.2, 0.25) is 0 Å². The predicted molar refractivity (Wildman–Crippen MR) is 52.5 cm³/mol. The third kappa shape index (κ3) is 2.26. The van der Waals surface area contributed by atoms with Crippen molar-refractivity contribution in [2.45, 2.75) is 24.8 Å². The first-order valence-corrected chi connectivity index (χ1v) is 6.00. The Morgan fingerprint density at radius 2 is 2.07 bits per heavy atom. The second-order valence-electron chi connectivity index (χ2n) is 4.29. The Labute approximate surface area is 91.1 Å². The lowest BCUT2D eigenvalue weighted by atomic mass is 9.87. The lowest BCUT2D eigenvalue weighted by molar-refractivity contribution is -0.369. The van der Waals surface area contributed by atoms with Gasteiger partial charge in [0.05, 0.1) is 0 Å². The molecule has 2 aliphatic heterocycles. The van der Waals surface area contributed by atoms with Gasteiger partial charge in [-0.2, -0.15) is 11.8 Å². The third-order valence-electron chi connectivity index (χ3n) is 3.29. The SMILES string of the molecule is CC1C2CN(C)C(OC(F)(F)F)C1CS2. The molecule has 0 spiro atoms. The molecule has 2 nitrogen and oxygen atoms in total. The highest BCUT2D eigenvalue weighted by Gasteiger charge is 2.49. The molecule has 0 aromatic heterocycles. The Morgan fingerprint density at radius 1 is 1.40 bits per heavy atom. The van der Waals surface area contributed by atoms with E-state index in [1.807, 2.05) is 6.92 Å². The topological polar surface area (TPSA) is 12.5 Å². The molecule has 2 heterocycles. The van der Waals surface area contributed by atoms with Crippen LogP contribution in [0.25, 0.3) is 0 Å². The Balaban J connectivity index is 2.09. The molecule has 0 aromatic carbocycles. The Bertz CT molecular complexity index is 248. The first-order valence-electron chi connectivity index (χ1n) is 4.95. The van der Waals surface area contributed by atoms with Crippen molar-refractivity contribution in [2.75, 3.05) is 19.3 Å². The Hall–Kier alpha value is 0.0600. The minimum absolute atomic E-state index is 0.000347. The van der Waals surface area contributed by atoms with Gasteiger partial charge in [-0.15, -0.1) is 13.2 Å². The lowest BCUT2D eigenvalue weighted by Crippen LogP contribution is -2.52. The Kier molecular flexibility index (Phi) is 2.94. The number of alkyl halides is 3. The van der Waals surface area contributed by atoms with Crippen molar-refractivity contribution >= 4 is 11.8 Å². The molecular formula is C9H14F3NOS. The summed E-state index contributed by atoms with van der Waals surface area (Å²) in [4.78, 5) is 1.68. The summed E-state index contributed by atoms with van der Waals surface area (Å²) in [6.07, 6.45) is -5.33. The summed E-state index contributed by atoms with van der Waals surface area (Å²) < 4.78 is 40.8. The van der Waals surface area contributed by atoms with Crippen molar-refractivity contribution in [1.29, 1.82) is 0 Å². The van der Waals surface area contributed by atoms with E-state index < -0.39 is 12.6 Å². The molecule has 4 unspecified atom stereocenters. The molecule has 2 fully saturated rings. The second-order valence-corrected chi connectivity index (χ2v) is 5.56. The summed E-state index contributed by atoms with van der Waals surface area (Å²) in [6.45, 7) is 2.71. The van der Waals surface area contributed by atoms with Crippen LogP contribution in [0.1, 0.15) is 6.92 Å². The van der Waals surface area contributed by atoms with Gasteiger partial charge in [0, 0.05) is 23.5 Å². The van der Waals surface area contributed by atoms with Gasteiger partial charge < -0.3 is 0 Å². The highest BCUT2D eigenvalue weighted by atomic mass is 32.2. The van der Waals surface area contributed by atoms with E-state index in [2.05, 4.69) is 4.74 Å². The van der Waals surface area contributed by atoms with Gasteiger partial charge in [-0.25, -0.2) is 0 Å². The van der Waals surface area contributed by atoms with E-state index >= 15 is 0 Å². The van der Waals surface area contributed by atoms with Crippen LogP contribution in [0.4, 0.5) is 13.2 Å². The number of rotatable bonds is 1. The summed E-state index contributed by atoms with van der Waals surface area (Å²) in [6, 6.07) is 0. The zero-order valence-corrected chi connectivity index (χ0v) is 9.44. The molecule has 6 heteroatoms. The van der Waals surface area contributed by atoms with Gasteiger partial charge in [-0.3, -0.25) is 9.64 Å². The van der Waals surface area contributed by atoms with Gasteiger partial charge in [0.15, 0.2) is 0 Å². The number of hydrogen-bond donors (Lipinski definition) is 0. The average Bonchev–Trinajstić information content (AvgIpc) is 2.33. The van der Waals surface area contributed by atoms with Gasteiger partial charge in [-0.05, 0) is 13.0 Å². The minimum atomic E-state index is -4.53. The molecule has 88 valence electrons. The largest absolute Gasteiger partial charge is 0.524 e. The van der Waals surface area contributed by atoms with Crippen LogP contribution < -0.4 is 0 Å². The van der Waals surface area contributed by atoms with Crippen molar-refractivity contribution in [3.63, 3.8) is 0 Å². The summed E-state index contributed by atoms with van der Waals surface area (Å²) in [5, 5.41) is 0.466. The van der Waals surface area contributed by atoms with Gasteiger partial charge in [0.25, 0.3) is 0 Å². The van der Waals surface area contributed by atoms with Gasteiger partial charge in [0.1, 0.15) is 6.23 Å². The van der Waals surface area contributed by atoms with E-state index in [1.165, 1.54) is 0 Å². The van der Waals surface area contributed by atoms with E-state index in [-0.39, 0.29) is 5.92 Å². The smallest absolute Gasteiger partial charge is 0.280 e. The molecule has 0 radical (unpaired) electrons. The molecule has 0 N–H and O–H groups in total. The van der Waals surface area contributed by atoms with Crippen LogP contribution in [-0.2, 0) is 4.74 Å². The highest BCUT2D eigenvalue weighted by molar-refractivity contribution is 8.00. The van der Waals surface area contributed by atoms with Crippen molar-refractivity contribution in [3.8, 4) is 0 Å². The predicted octanol–water partition coefficient (Wildman–Crippen LogP) is 2.16. The van der Waals surface area contributed by atoms with Crippen LogP contribution in [0, 0.1) is 11.8 Å². The molecule has 2 aliphatic rings. The third-order valence-corrected chi connectivity index (χ3v) is 4.87. The standard InChI is InChI=1S/C9H14F3NOS/c1-5-6-4-15-7(5)3-13(2)8(6)14-9(10,11)12/h5-8H,3-4H2,1-2H3. The molecule has 0 saturated carbocycles. The van der Waals surface area contributed by atoms with E-state index in [4.69, 9.17) is 0 Å². The maximum Gasteiger partial charge on any atom is 0.524 e. The van der Waals surface area contributed by atoms with Crippen molar-refractivity contribution in [2.24, 2.45) is 11.8 Å². The minimum Gasteiger partial charge on any atom is -0.280 e. The summed E-state index contributed by atoms with van der Waals surface area (Å²) in [7, 11) is 1.70. The fourth-order valence-corrected chi connectivity index (χ4v) is 4.19. The molecule has 2 rings (SSSR count). The number of thioether (sulfide) groups is 1. The fourth-order valence-electron chi connectivity index (χ4n) is 2.40. The van der Waals surface area contributed by atoms with E-state index in [0.717, 1.165) is 5.75 Å². The second kappa shape index (κ2) is 3.82. The lowest BCUT2D eigenvalue weighted by Gasteiger charge is -2.40. The maximum atomic E-state index is 12.2. The number of likely N-dealkylation sites (tertiary alicyclic amines) is 1. The number of piperidine rings is 1. The Morgan fingerprint density at radius 3 is 2.67 bits per heavy atom. The summed E-state index contributed by atoms with van der Waals surface area (Å²) in [5.41, 5.74) is 0.